The van der Waals surface area contributed by atoms with Gasteiger partial charge in [-0.1, -0.05) is 0 Å². The molecule has 14 heavy (non-hydrogen) atoms. The molecule has 2 N–H and O–H groups in total. The fraction of sp³-hybridized carbons (Fsp3) is 1.00. The van der Waals surface area contributed by atoms with Crippen molar-refractivity contribution in [3.63, 3.8) is 0 Å². The molecular weight excluding hydrogens is 202 g/mol. The van der Waals surface area contributed by atoms with Crippen LogP contribution >= 0.6 is 0 Å². The highest BCUT2D eigenvalue weighted by molar-refractivity contribution is 5.17. The molecule has 82 valence electrons. The third-order valence-electron chi connectivity index (χ3n) is 3.22. The van der Waals surface area contributed by atoms with Crippen LogP contribution in [0.15, 0.2) is 0 Å². The van der Waals surface area contributed by atoms with Gasteiger partial charge >= 0.3 is 0 Å². The Kier molecular flexibility index (Phi) is 1.89. The van der Waals surface area contributed by atoms with Gasteiger partial charge in [0, 0.05) is 6.42 Å². The van der Waals surface area contributed by atoms with Gasteiger partial charge in [-0.3, -0.25) is 5.32 Å². The molecule has 1 spiro atoms. The first-order chi connectivity index (χ1) is 6.32. The highest BCUT2D eigenvalue weighted by Gasteiger charge is 2.70. The molecule has 0 radical (unpaired) electrons. The predicted molar refractivity (Wildman–Crippen MR) is 40.5 cm³/mol. The van der Waals surface area contributed by atoms with Crippen LogP contribution in [-0.4, -0.2) is 35.1 Å². The number of aliphatic hydroxyl groups excluding tert-OH is 1. The van der Waals surface area contributed by atoms with Gasteiger partial charge in [-0.15, -0.1) is 0 Å². The lowest BCUT2D eigenvalue weighted by atomic mass is 9.88. The van der Waals surface area contributed by atoms with Crippen LogP contribution in [0.1, 0.15) is 19.3 Å². The molecule has 0 aromatic carbocycles. The fourth-order valence-corrected chi connectivity index (χ4v) is 2.38. The van der Waals surface area contributed by atoms with E-state index < -0.39 is 36.5 Å². The minimum absolute atomic E-state index is 0.100. The largest absolute Gasteiger partial charge is 0.385 e. The van der Waals surface area contributed by atoms with Crippen LogP contribution < -0.4 is 5.32 Å². The van der Waals surface area contributed by atoms with E-state index in [2.05, 4.69) is 5.32 Å². The molecule has 0 aromatic heterocycles. The van der Waals surface area contributed by atoms with Crippen LogP contribution in [0, 0.1) is 0 Å². The highest BCUT2D eigenvalue weighted by atomic mass is 19.3. The Morgan fingerprint density at radius 3 is 2.14 bits per heavy atom. The van der Waals surface area contributed by atoms with Crippen molar-refractivity contribution in [1.82, 2.24) is 5.32 Å². The van der Waals surface area contributed by atoms with Crippen molar-refractivity contribution in [2.75, 3.05) is 6.54 Å². The average Bonchev–Trinajstić information content (AvgIpc) is 2.47. The summed E-state index contributed by atoms with van der Waals surface area (Å²) in [4.78, 5) is 0. The standard InChI is InChI=1S/C8H11F4NO/c9-7(10)4-13-6(5(7)14)2-1-3-8(6,11)12/h5,13-14H,1-4H2. The Morgan fingerprint density at radius 2 is 1.79 bits per heavy atom. The molecule has 6 heteroatoms. The monoisotopic (exact) mass is 213 g/mol. The van der Waals surface area contributed by atoms with Crippen LogP contribution in [0.4, 0.5) is 17.6 Å². The van der Waals surface area contributed by atoms with Crippen LogP contribution in [0.5, 0.6) is 0 Å². The van der Waals surface area contributed by atoms with E-state index in [4.69, 9.17) is 0 Å². The maximum atomic E-state index is 13.3. The Labute approximate surface area is 78.3 Å². The third-order valence-corrected chi connectivity index (χ3v) is 3.22. The first kappa shape index (κ1) is 10.2. The van der Waals surface area contributed by atoms with Crippen molar-refractivity contribution in [2.45, 2.75) is 42.8 Å². The Bertz CT molecular complexity index is 258. The zero-order valence-corrected chi connectivity index (χ0v) is 7.36. The van der Waals surface area contributed by atoms with Crippen molar-refractivity contribution in [3.8, 4) is 0 Å². The van der Waals surface area contributed by atoms with E-state index in [1.54, 1.807) is 0 Å². The topological polar surface area (TPSA) is 32.3 Å². The molecule has 2 nitrogen and oxygen atoms in total. The van der Waals surface area contributed by atoms with Crippen LogP contribution in [-0.2, 0) is 0 Å². The normalized spacial score (nSPS) is 44.8. The van der Waals surface area contributed by atoms with Crippen LogP contribution in [0.25, 0.3) is 0 Å². The molecule has 2 aliphatic rings. The van der Waals surface area contributed by atoms with Gasteiger partial charge < -0.3 is 5.11 Å². The molecule has 2 unspecified atom stereocenters. The van der Waals surface area contributed by atoms with E-state index in [-0.39, 0.29) is 12.8 Å². The summed E-state index contributed by atoms with van der Waals surface area (Å²) in [6, 6.07) is 0. The fourth-order valence-electron chi connectivity index (χ4n) is 2.38. The number of hydrogen-bond acceptors (Lipinski definition) is 2. The molecule has 0 aromatic rings. The average molecular weight is 213 g/mol. The molecule has 1 heterocycles. The molecule has 1 saturated carbocycles. The van der Waals surface area contributed by atoms with E-state index >= 15 is 0 Å². The summed E-state index contributed by atoms with van der Waals surface area (Å²) < 4.78 is 52.5. The Balaban J connectivity index is 2.35. The van der Waals surface area contributed by atoms with Crippen LogP contribution in [0.3, 0.4) is 0 Å². The molecule has 2 rings (SSSR count). The van der Waals surface area contributed by atoms with Gasteiger partial charge in [0.1, 0.15) is 11.6 Å². The second-order valence-corrected chi connectivity index (χ2v) is 4.05. The smallest absolute Gasteiger partial charge is 0.287 e. The lowest BCUT2D eigenvalue weighted by molar-refractivity contribution is -0.151. The predicted octanol–water partition coefficient (Wildman–Crippen LogP) is 1.14. The summed E-state index contributed by atoms with van der Waals surface area (Å²) in [7, 11) is 0. The Morgan fingerprint density at radius 1 is 1.14 bits per heavy atom. The van der Waals surface area contributed by atoms with Gasteiger partial charge in [-0.25, -0.2) is 17.6 Å². The minimum atomic E-state index is -3.45. The van der Waals surface area contributed by atoms with Gasteiger partial charge in [-0.05, 0) is 12.8 Å². The van der Waals surface area contributed by atoms with Gasteiger partial charge in [0.15, 0.2) is 0 Å². The van der Waals surface area contributed by atoms with E-state index in [0.717, 1.165) is 0 Å². The summed E-state index contributed by atoms with van der Waals surface area (Å²) in [5.41, 5.74) is -2.10. The van der Waals surface area contributed by atoms with Gasteiger partial charge in [0.2, 0.25) is 0 Å². The number of hydrogen-bond donors (Lipinski definition) is 2. The van der Waals surface area contributed by atoms with Gasteiger partial charge in [-0.2, -0.15) is 0 Å². The zero-order chi connectivity index (χ0) is 10.6. The SMILES string of the molecule is OC1C(F)(F)CNC12CCCC2(F)F. The van der Waals surface area contributed by atoms with Crippen LogP contribution in [0.2, 0.25) is 0 Å². The van der Waals surface area contributed by atoms with Crippen molar-refractivity contribution >= 4 is 0 Å². The highest BCUT2D eigenvalue weighted by Crippen LogP contribution is 2.51. The number of nitrogens with one attached hydrogen (secondary N) is 1. The summed E-state index contributed by atoms with van der Waals surface area (Å²) in [6.45, 7) is -0.871. The van der Waals surface area contributed by atoms with E-state index in [0.29, 0.717) is 0 Å². The summed E-state index contributed by atoms with van der Waals surface area (Å²) in [5.74, 6) is -6.69. The maximum Gasteiger partial charge on any atom is 0.287 e. The minimum Gasteiger partial charge on any atom is -0.385 e. The second-order valence-electron chi connectivity index (χ2n) is 4.05. The quantitative estimate of drug-likeness (QED) is 0.591. The molecule has 2 fully saturated rings. The lowest BCUT2D eigenvalue weighted by Gasteiger charge is -2.34. The van der Waals surface area contributed by atoms with E-state index in [1.807, 2.05) is 0 Å². The maximum absolute atomic E-state index is 13.3. The molecule has 2 atom stereocenters. The molecule has 1 aliphatic heterocycles. The van der Waals surface area contributed by atoms with Crippen molar-refractivity contribution in [1.29, 1.82) is 0 Å². The number of alkyl halides is 4. The van der Waals surface area contributed by atoms with Crippen molar-refractivity contribution in [3.05, 3.63) is 0 Å². The van der Waals surface area contributed by atoms with Crippen molar-refractivity contribution in [2.24, 2.45) is 0 Å². The second kappa shape index (κ2) is 2.61. The molecular formula is C8H11F4NO. The molecule has 0 bridgehead atoms. The van der Waals surface area contributed by atoms with E-state index in [1.165, 1.54) is 0 Å². The summed E-state index contributed by atoms with van der Waals surface area (Å²) >= 11 is 0. The van der Waals surface area contributed by atoms with Gasteiger partial charge in [0.25, 0.3) is 11.8 Å². The third kappa shape index (κ3) is 1.04. The first-order valence-corrected chi connectivity index (χ1v) is 4.51. The number of halogens is 4. The van der Waals surface area contributed by atoms with Gasteiger partial charge in [0.05, 0.1) is 6.54 Å². The summed E-state index contributed by atoms with van der Waals surface area (Å²) in [6.07, 6.45) is -2.66. The van der Waals surface area contributed by atoms with E-state index in [9.17, 15) is 22.7 Å². The number of rotatable bonds is 0. The zero-order valence-electron chi connectivity index (χ0n) is 7.36. The Hall–Kier alpha value is -0.360. The first-order valence-electron chi connectivity index (χ1n) is 4.51. The molecule has 1 aliphatic carbocycles. The number of aliphatic hydroxyl groups is 1. The van der Waals surface area contributed by atoms with Crippen molar-refractivity contribution < 1.29 is 22.7 Å². The summed E-state index contributed by atoms with van der Waals surface area (Å²) in [5, 5.41) is 11.4. The lowest BCUT2D eigenvalue weighted by Crippen LogP contribution is -2.59. The molecule has 1 saturated heterocycles. The molecule has 0 amide bonds.